The number of aromatic nitrogens is 3. The number of piperidine rings is 3. The summed E-state index contributed by atoms with van der Waals surface area (Å²) < 4.78 is 7.62. The van der Waals surface area contributed by atoms with Gasteiger partial charge in [0.2, 0.25) is 11.8 Å². The van der Waals surface area contributed by atoms with E-state index in [1.54, 1.807) is 41.2 Å². The lowest BCUT2D eigenvalue weighted by Crippen LogP contribution is -2.54. The maximum Gasteiger partial charge on any atom is 0.262 e. The Morgan fingerprint density at radius 2 is 1.69 bits per heavy atom. The Kier molecular flexibility index (Phi) is 8.80. The van der Waals surface area contributed by atoms with Crippen molar-refractivity contribution in [3.63, 3.8) is 0 Å². The molecule has 296 valence electrons. The summed E-state index contributed by atoms with van der Waals surface area (Å²) in [6.45, 7) is 4.88. The zero-order valence-corrected chi connectivity index (χ0v) is 31.7. The van der Waals surface area contributed by atoms with E-state index in [1.165, 1.54) is 6.20 Å². The molecule has 3 fully saturated rings. The number of rotatable bonds is 9. The van der Waals surface area contributed by atoms with Crippen molar-refractivity contribution in [1.82, 2.24) is 34.6 Å². The van der Waals surface area contributed by atoms with Crippen molar-refractivity contribution in [3.05, 3.63) is 94.6 Å². The Morgan fingerprint density at radius 1 is 0.897 bits per heavy atom. The second-order valence-electron chi connectivity index (χ2n) is 16.0. The van der Waals surface area contributed by atoms with E-state index in [0.29, 0.717) is 46.2 Å². The van der Waals surface area contributed by atoms with Gasteiger partial charge in [-0.05, 0) is 86.1 Å². The maximum atomic E-state index is 13.8. The summed E-state index contributed by atoms with van der Waals surface area (Å²) in [5.74, 6) is -0.635. The van der Waals surface area contributed by atoms with E-state index in [2.05, 4.69) is 30.5 Å². The maximum absolute atomic E-state index is 13.8. The zero-order chi connectivity index (χ0) is 39.7. The zero-order valence-electron chi connectivity index (χ0n) is 31.7. The lowest BCUT2D eigenvalue weighted by molar-refractivity contribution is -0.136. The van der Waals surface area contributed by atoms with Gasteiger partial charge >= 0.3 is 0 Å². The average molecular weight is 784 g/mol. The molecular weight excluding hydrogens is 743 g/mol. The average Bonchev–Trinajstić information content (AvgIpc) is 3.77. The van der Waals surface area contributed by atoms with Crippen LogP contribution in [0, 0.1) is 5.92 Å². The number of hydrogen-bond acceptors (Lipinski definition) is 11. The molecule has 16 nitrogen and oxygen atoms in total. The summed E-state index contributed by atoms with van der Waals surface area (Å²) >= 11 is 0. The number of carbonyl (C=O) groups excluding carboxylic acids is 6. The van der Waals surface area contributed by atoms with Crippen LogP contribution in [0.25, 0.3) is 5.65 Å². The molecule has 3 saturated heterocycles. The first-order valence-corrected chi connectivity index (χ1v) is 20.0. The lowest BCUT2D eigenvalue weighted by atomic mass is 9.94. The number of hydrogen-bond donors (Lipinski definition) is 2. The molecule has 2 aromatic carbocycles. The number of ether oxygens (including phenoxy) is 1. The molecule has 6 amide bonds. The number of fused-ring (bicyclic) bond motifs is 3. The number of nitrogens with zero attached hydrogens (tertiary/aromatic N) is 7. The van der Waals surface area contributed by atoms with Crippen molar-refractivity contribution in [2.45, 2.75) is 63.6 Å². The molecule has 5 aliphatic heterocycles. The predicted molar refractivity (Wildman–Crippen MR) is 208 cm³/mol. The van der Waals surface area contributed by atoms with Crippen molar-refractivity contribution >= 4 is 52.5 Å². The van der Waals surface area contributed by atoms with Crippen molar-refractivity contribution in [2.24, 2.45) is 5.92 Å². The topological polar surface area (TPSA) is 179 Å². The first-order chi connectivity index (χ1) is 28.2. The minimum atomic E-state index is -0.984. The molecule has 2 aromatic heterocycles. The van der Waals surface area contributed by atoms with Gasteiger partial charge in [0.05, 0.1) is 23.0 Å². The number of carbonyl (C=O) groups is 6. The van der Waals surface area contributed by atoms with Crippen LogP contribution in [0.3, 0.4) is 0 Å². The fourth-order valence-electron chi connectivity index (χ4n) is 9.09. The van der Waals surface area contributed by atoms with E-state index in [4.69, 9.17) is 4.74 Å². The van der Waals surface area contributed by atoms with Gasteiger partial charge in [-0.2, -0.15) is 5.10 Å². The van der Waals surface area contributed by atoms with Crippen LogP contribution >= 0.6 is 0 Å². The number of amides is 6. The summed E-state index contributed by atoms with van der Waals surface area (Å²) in [6, 6.07) is 9.80. The molecule has 7 heterocycles. The molecular formula is C42H41N9O7. The van der Waals surface area contributed by atoms with E-state index in [9.17, 15) is 28.8 Å². The highest BCUT2D eigenvalue weighted by molar-refractivity contribution is 6.23. The molecule has 10 rings (SSSR count). The van der Waals surface area contributed by atoms with E-state index in [0.717, 1.165) is 86.7 Å². The van der Waals surface area contributed by atoms with Gasteiger partial charge in [-0.1, -0.05) is 0 Å². The fraction of sp³-hybridized carbons (Fsp3) is 0.381. The number of likely N-dealkylation sites (tertiary alicyclic amines) is 1. The summed E-state index contributed by atoms with van der Waals surface area (Å²) in [5, 5.41) is 9.47. The van der Waals surface area contributed by atoms with Crippen LogP contribution in [0.5, 0.6) is 5.75 Å². The van der Waals surface area contributed by atoms with Crippen LogP contribution in [0.4, 0.5) is 11.4 Å². The molecule has 0 bridgehead atoms. The molecule has 16 heteroatoms. The van der Waals surface area contributed by atoms with Crippen molar-refractivity contribution < 1.29 is 33.5 Å². The van der Waals surface area contributed by atoms with E-state index in [-0.39, 0.29) is 36.3 Å². The quantitative estimate of drug-likeness (QED) is 0.238. The Bertz CT molecular complexity index is 2460. The van der Waals surface area contributed by atoms with Gasteiger partial charge in [0.15, 0.2) is 11.4 Å². The predicted octanol–water partition coefficient (Wildman–Crippen LogP) is 3.39. The number of anilines is 2. The third-order valence-corrected chi connectivity index (χ3v) is 12.3. The van der Waals surface area contributed by atoms with Gasteiger partial charge in [-0.15, -0.1) is 0 Å². The minimum Gasteiger partial charge on any atom is -0.460 e. The van der Waals surface area contributed by atoms with Crippen LogP contribution < -0.4 is 20.3 Å². The fourth-order valence-corrected chi connectivity index (χ4v) is 9.09. The third-order valence-electron chi connectivity index (χ3n) is 12.3. The molecule has 1 atom stereocenters. The second kappa shape index (κ2) is 14.2. The van der Waals surface area contributed by atoms with E-state index >= 15 is 0 Å². The monoisotopic (exact) mass is 783 g/mol. The Labute approximate surface area is 332 Å². The van der Waals surface area contributed by atoms with Crippen LogP contribution in [-0.2, 0) is 16.1 Å². The molecule has 0 radical (unpaired) electrons. The van der Waals surface area contributed by atoms with Crippen LogP contribution in [0.15, 0.2) is 66.8 Å². The highest BCUT2D eigenvalue weighted by atomic mass is 16.5. The smallest absolute Gasteiger partial charge is 0.262 e. The SMILES string of the molecule is O=C1CCC(N2C(=O)c3ccc(N4CCC(CN5CCC(N6Cc7cc(NC(=O)c8cnn9cccnc89)c(OC8=CC8)cc7C6=O)CC5)CC4)cc3C2=O)C(=O)N1. The van der Waals surface area contributed by atoms with Gasteiger partial charge in [-0.3, -0.25) is 39.0 Å². The number of nitrogens with one attached hydrogen (secondary N) is 2. The molecule has 0 spiro atoms. The van der Waals surface area contributed by atoms with Crippen LogP contribution in [0.1, 0.15) is 91.9 Å². The normalized spacial score (nSPS) is 21.4. The highest BCUT2D eigenvalue weighted by Crippen LogP contribution is 2.39. The summed E-state index contributed by atoms with van der Waals surface area (Å²) in [5.41, 5.74) is 4.20. The summed E-state index contributed by atoms with van der Waals surface area (Å²) in [4.78, 5) is 89.9. The van der Waals surface area contributed by atoms with E-state index in [1.807, 2.05) is 23.1 Å². The Morgan fingerprint density at radius 3 is 2.47 bits per heavy atom. The van der Waals surface area contributed by atoms with Crippen LogP contribution in [0.2, 0.25) is 0 Å². The van der Waals surface area contributed by atoms with Crippen molar-refractivity contribution in [1.29, 1.82) is 0 Å². The largest absolute Gasteiger partial charge is 0.460 e. The summed E-state index contributed by atoms with van der Waals surface area (Å²) in [6.07, 6.45) is 11.4. The van der Waals surface area contributed by atoms with Gasteiger partial charge in [0.1, 0.15) is 17.4 Å². The number of benzene rings is 2. The Hall–Kier alpha value is -6.42. The Balaban J connectivity index is 0.735. The standard InChI is InChI=1S/C42H41N9O7/c52-36-7-6-34(39(54)46-36)51-41(56)29-5-2-27(19-31(29)42(51)57)48-16-8-24(9-17-48)22-47-14-10-26(11-15-47)49-23-25-18-33(35(58-28-3-4-28)20-30(25)40(49)55)45-38(53)32-21-44-50-13-1-12-43-37(32)50/h1-3,5,12-13,18-21,24,26,34H,4,6-11,14-17,22-23H2,(H,45,53)(H,46,52,54). The molecule has 4 aromatic rings. The molecule has 6 aliphatic rings. The van der Waals surface area contributed by atoms with E-state index < -0.39 is 29.7 Å². The lowest BCUT2D eigenvalue weighted by Gasteiger charge is -2.40. The van der Waals surface area contributed by atoms with Gasteiger partial charge < -0.3 is 24.8 Å². The molecule has 1 aliphatic carbocycles. The van der Waals surface area contributed by atoms with Gasteiger partial charge in [0.25, 0.3) is 23.6 Å². The van der Waals surface area contributed by atoms with Crippen LogP contribution in [-0.4, -0.2) is 110 Å². The van der Waals surface area contributed by atoms with Gasteiger partial charge in [0, 0.05) is 81.8 Å². The van der Waals surface area contributed by atoms with Crippen molar-refractivity contribution in [2.75, 3.05) is 42.9 Å². The number of imide groups is 2. The second-order valence-corrected chi connectivity index (χ2v) is 16.0. The third kappa shape index (κ3) is 6.46. The molecule has 2 N–H and O–H groups in total. The van der Waals surface area contributed by atoms with Crippen molar-refractivity contribution in [3.8, 4) is 5.75 Å². The summed E-state index contributed by atoms with van der Waals surface area (Å²) in [7, 11) is 0. The highest BCUT2D eigenvalue weighted by Gasteiger charge is 2.45. The molecule has 58 heavy (non-hydrogen) atoms. The number of allylic oxidation sites excluding steroid dienone is 2. The molecule has 0 saturated carbocycles. The van der Waals surface area contributed by atoms with Gasteiger partial charge in [-0.25, -0.2) is 9.50 Å². The first kappa shape index (κ1) is 36.0. The molecule has 1 unspecified atom stereocenters. The first-order valence-electron chi connectivity index (χ1n) is 20.0. The minimum absolute atomic E-state index is 0.0125.